The van der Waals surface area contributed by atoms with E-state index in [0.717, 1.165) is 37.0 Å². The molecule has 3 aliphatic rings. The molecule has 9 nitrogen and oxygen atoms in total. The number of rotatable bonds is 4. The normalized spacial score (nSPS) is 20.3. The van der Waals surface area contributed by atoms with E-state index in [1.807, 2.05) is 11.0 Å². The highest BCUT2D eigenvalue weighted by atomic mass is 16.6. The Hall–Kier alpha value is -3.23. The zero-order chi connectivity index (χ0) is 22.9. The Morgan fingerprint density at radius 2 is 1.97 bits per heavy atom. The number of imidazole rings is 1. The number of aliphatic hydroxyl groups excluding tert-OH is 1. The van der Waals surface area contributed by atoms with Gasteiger partial charge in [-0.15, -0.1) is 0 Å². The number of benzene rings is 1. The van der Waals surface area contributed by atoms with E-state index < -0.39 is 0 Å². The van der Waals surface area contributed by atoms with E-state index in [1.165, 1.54) is 24.9 Å². The van der Waals surface area contributed by atoms with Crippen molar-refractivity contribution in [1.82, 2.24) is 19.8 Å². The van der Waals surface area contributed by atoms with Crippen molar-refractivity contribution in [3.63, 3.8) is 0 Å². The molecule has 0 radical (unpaired) electrons. The van der Waals surface area contributed by atoms with Gasteiger partial charge in [0.2, 0.25) is 0 Å². The second-order valence-electron chi connectivity index (χ2n) is 9.05. The van der Waals surface area contributed by atoms with Gasteiger partial charge in [-0.3, -0.25) is 5.41 Å². The third-order valence-electron chi connectivity index (χ3n) is 6.99. The fourth-order valence-electron chi connectivity index (χ4n) is 5.20. The molecule has 4 heterocycles. The summed E-state index contributed by atoms with van der Waals surface area (Å²) < 4.78 is 5.10. The Bertz CT molecular complexity index is 1080. The number of likely N-dealkylation sites (tertiary alicyclic amines) is 1. The van der Waals surface area contributed by atoms with Crippen LogP contribution in [0, 0.1) is 5.41 Å². The van der Waals surface area contributed by atoms with Crippen LogP contribution in [0.4, 0.5) is 10.5 Å². The van der Waals surface area contributed by atoms with Gasteiger partial charge in [0.05, 0.1) is 29.8 Å². The van der Waals surface area contributed by atoms with Gasteiger partial charge in [0.15, 0.2) is 0 Å². The number of nitrogens with zero attached hydrogens (tertiary/aromatic N) is 4. The van der Waals surface area contributed by atoms with Gasteiger partial charge in [-0.05, 0) is 57.2 Å². The second kappa shape index (κ2) is 8.96. The molecule has 0 bridgehead atoms. The predicted octanol–water partition coefficient (Wildman–Crippen LogP) is 3.74. The molecule has 3 N–H and O–H groups in total. The number of nitrogens with one attached hydrogen (secondary N) is 2. The first-order valence-corrected chi connectivity index (χ1v) is 12.0. The first kappa shape index (κ1) is 21.6. The fraction of sp³-hybridized carbons (Fsp3) is 0.542. The molecule has 1 amide bonds. The molecule has 2 saturated heterocycles. The third kappa shape index (κ3) is 4.12. The van der Waals surface area contributed by atoms with E-state index in [9.17, 15) is 9.90 Å². The maximum atomic E-state index is 12.0. The number of hydrogen-bond acceptors (Lipinski definition) is 6. The summed E-state index contributed by atoms with van der Waals surface area (Å²) in [6.45, 7) is 5.81. The molecule has 0 atom stereocenters. The summed E-state index contributed by atoms with van der Waals surface area (Å²) in [5.41, 5.74) is 3.41. The van der Waals surface area contributed by atoms with E-state index in [0.29, 0.717) is 37.6 Å². The summed E-state index contributed by atoms with van der Waals surface area (Å²) >= 11 is 0. The Labute approximate surface area is 193 Å². The highest BCUT2D eigenvalue weighted by Gasteiger charge is 2.36. The molecular weight excluding hydrogens is 420 g/mol. The van der Waals surface area contributed by atoms with E-state index in [-0.39, 0.29) is 23.7 Å². The topological polar surface area (TPSA) is 109 Å². The Kier molecular flexibility index (Phi) is 5.86. The van der Waals surface area contributed by atoms with Gasteiger partial charge < -0.3 is 29.5 Å². The molecule has 0 saturated carbocycles. The molecule has 2 aromatic rings. The van der Waals surface area contributed by atoms with Crippen molar-refractivity contribution in [2.75, 3.05) is 44.2 Å². The van der Waals surface area contributed by atoms with Crippen LogP contribution >= 0.6 is 0 Å². The number of aromatic nitrogens is 2. The summed E-state index contributed by atoms with van der Waals surface area (Å²) in [6.07, 6.45) is 4.93. The standard InChI is InChI=1S/C24H32N6O3/c1-2-33-24(32)29-12-8-16(9-13-29)30-15-20(31)21(22(30)25)23-26-18-7-6-17(14-19(18)27-23)28-10-4-3-5-11-28/h6-7,14,16,25,31H,2-5,8-13,15H2,1H3,(H,26,27). The Balaban J connectivity index is 1.30. The minimum Gasteiger partial charge on any atom is -0.510 e. The average molecular weight is 453 g/mol. The number of amides is 1. The van der Waals surface area contributed by atoms with Crippen molar-refractivity contribution in [2.45, 2.75) is 45.1 Å². The van der Waals surface area contributed by atoms with Crippen molar-refractivity contribution < 1.29 is 14.6 Å². The molecule has 9 heteroatoms. The maximum Gasteiger partial charge on any atom is 0.409 e. The lowest BCUT2D eigenvalue weighted by Crippen LogP contribution is -2.47. The van der Waals surface area contributed by atoms with Crippen LogP contribution in [0.5, 0.6) is 0 Å². The molecule has 1 aromatic heterocycles. The van der Waals surface area contributed by atoms with Crippen LogP contribution in [0.3, 0.4) is 0 Å². The quantitative estimate of drug-likeness (QED) is 0.652. The van der Waals surface area contributed by atoms with Crippen LogP contribution in [-0.2, 0) is 4.74 Å². The number of fused-ring (bicyclic) bond motifs is 1. The van der Waals surface area contributed by atoms with Crippen LogP contribution in [-0.4, -0.2) is 82.2 Å². The van der Waals surface area contributed by atoms with Crippen LogP contribution in [0.25, 0.3) is 16.6 Å². The molecule has 0 spiro atoms. The van der Waals surface area contributed by atoms with E-state index in [2.05, 4.69) is 27.0 Å². The minimum absolute atomic E-state index is 0.0953. The Morgan fingerprint density at radius 1 is 1.21 bits per heavy atom. The average Bonchev–Trinajstić information content (AvgIpc) is 3.38. The van der Waals surface area contributed by atoms with Gasteiger partial charge in [0.25, 0.3) is 0 Å². The lowest BCUT2D eigenvalue weighted by Gasteiger charge is -2.37. The molecule has 0 unspecified atom stereocenters. The van der Waals surface area contributed by atoms with E-state index in [4.69, 9.17) is 10.1 Å². The van der Waals surface area contributed by atoms with Gasteiger partial charge in [0.1, 0.15) is 17.4 Å². The van der Waals surface area contributed by atoms with Crippen LogP contribution < -0.4 is 4.90 Å². The van der Waals surface area contributed by atoms with Gasteiger partial charge in [-0.1, -0.05) is 0 Å². The summed E-state index contributed by atoms with van der Waals surface area (Å²) in [6, 6.07) is 6.34. The highest BCUT2D eigenvalue weighted by Crippen LogP contribution is 2.32. The number of anilines is 1. The van der Waals surface area contributed by atoms with Gasteiger partial charge in [0, 0.05) is 37.9 Å². The van der Waals surface area contributed by atoms with Gasteiger partial charge in [-0.2, -0.15) is 0 Å². The van der Waals surface area contributed by atoms with E-state index in [1.54, 1.807) is 11.8 Å². The predicted molar refractivity (Wildman–Crippen MR) is 128 cm³/mol. The zero-order valence-corrected chi connectivity index (χ0v) is 19.1. The number of piperidine rings is 2. The highest BCUT2D eigenvalue weighted by molar-refractivity contribution is 6.23. The van der Waals surface area contributed by atoms with Crippen LogP contribution in [0.15, 0.2) is 24.0 Å². The third-order valence-corrected chi connectivity index (χ3v) is 6.99. The first-order chi connectivity index (χ1) is 16.0. The molecule has 0 aliphatic carbocycles. The zero-order valence-electron chi connectivity index (χ0n) is 19.1. The molecule has 2 fully saturated rings. The smallest absolute Gasteiger partial charge is 0.409 e. The van der Waals surface area contributed by atoms with E-state index >= 15 is 0 Å². The molecule has 1 aromatic carbocycles. The number of hydrogen-bond donors (Lipinski definition) is 3. The molecule has 5 rings (SSSR count). The lowest BCUT2D eigenvalue weighted by atomic mass is 10.0. The molecule has 33 heavy (non-hydrogen) atoms. The lowest BCUT2D eigenvalue weighted by molar-refractivity contribution is 0.0876. The first-order valence-electron chi connectivity index (χ1n) is 12.0. The largest absolute Gasteiger partial charge is 0.510 e. The van der Waals surface area contributed by atoms with Crippen molar-refractivity contribution in [2.24, 2.45) is 0 Å². The van der Waals surface area contributed by atoms with Gasteiger partial charge in [-0.25, -0.2) is 9.78 Å². The van der Waals surface area contributed by atoms with Crippen LogP contribution in [0.2, 0.25) is 0 Å². The van der Waals surface area contributed by atoms with Crippen molar-refractivity contribution in [3.8, 4) is 0 Å². The maximum absolute atomic E-state index is 12.0. The summed E-state index contributed by atoms with van der Waals surface area (Å²) in [5.74, 6) is 0.996. The number of amidine groups is 1. The van der Waals surface area contributed by atoms with Crippen molar-refractivity contribution in [1.29, 1.82) is 5.41 Å². The summed E-state index contributed by atoms with van der Waals surface area (Å²) in [5, 5.41) is 19.5. The monoisotopic (exact) mass is 452 g/mol. The number of carbonyl (C=O) groups is 1. The minimum atomic E-state index is -0.277. The van der Waals surface area contributed by atoms with Crippen LogP contribution in [0.1, 0.15) is 44.9 Å². The Morgan fingerprint density at radius 3 is 2.70 bits per heavy atom. The molecule has 3 aliphatic heterocycles. The molecular formula is C24H32N6O3. The SMILES string of the molecule is CCOC(=O)N1CCC(N2CC(O)=C(c3nc4ccc(N5CCCCC5)cc4[nH]3)C2=N)CC1. The number of H-pyrrole nitrogens is 1. The van der Waals surface area contributed by atoms with Crippen molar-refractivity contribution >= 4 is 34.2 Å². The number of aliphatic hydroxyl groups is 1. The second-order valence-corrected chi connectivity index (χ2v) is 9.05. The van der Waals surface area contributed by atoms with Crippen molar-refractivity contribution in [3.05, 3.63) is 29.8 Å². The number of aromatic amines is 1. The number of ether oxygens (including phenoxy) is 1. The summed E-state index contributed by atoms with van der Waals surface area (Å²) in [4.78, 5) is 26.1. The summed E-state index contributed by atoms with van der Waals surface area (Å²) in [7, 11) is 0. The van der Waals surface area contributed by atoms with Gasteiger partial charge >= 0.3 is 6.09 Å². The molecule has 176 valence electrons. The number of carbonyl (C=O) groups excluding carboxylic acids is 1. The fourth-order valence-corrected chi connectivity index (χ4v) is 5.20.